The average molecular weight is 487 g/mol. The topological polar surface area (TPSA) is 83.8 Å². The third kappa shape index (κ3) is 4.44. The summed E-state index contributed by atoms with van der Waals surface area (Å²) in [6.45, 7) is 10.3. The summed E-state index contributed by atoms with van der Waals surface area (Å²) in [6.07, 6.45) is 5.64. The molecule has 2 aliphatic rings. The molecule has 1 aromatic carbocycles. The molecule has 4 aromatic rings. The van der Waals surface area contributed by atoms with E-state index in [1.54, 1.807) is 0 Å². The van der Waals surface area contributed by atoms with Gasteiger partial charge in [0, 0.05) is 49.5 Å². The lowest BCUT2D eigenvalue weighted by molar-refractivity contribution is 0.182. The molecule has 3 aromatic heterocycles. The van der Waals surface area contributed by atoms with Crippen LogP contribution in [0.3, 0.4) is 0 Å². The molecule has 2 fully saturated rings. The summed E-state index contributed by atoms with van der Waals surface area (Å²) >= 11 is 0. The largest absolute Gasteiger partial charge is 0.326 e. The lowest BCUT2D eigenvalue weighted by Crippen LogP contribution is -2.51. The van der Waals surface area contributed by atoms with Crippen molar-refractivity contribution in [2.24, 2.45) is 0 Å². The van der Waals surface area contributed by atoms with Crippen LogP contribution in [0, 0.1) is 12.7 Å². The molecule has 4 heterocycles. The number of anilines is 2. The Hall–Kier alpha value is -3.43. The number of pyridine rings is 1. The van der Waals surface area contributed by atoms with Crippen molar-refractivity contribution in [3.05, 3.63) is 59.9 Å². The predicted octanol–water partition coefficient (Wildman–Crippen LogP) is 4.60. The Kier molecular flexibility index (Phi) is 5.69. The summed E-state index contributed by atoms with van der Waals surface area (Å²) in [4.78, 5) is 20.3. The summed E-state index contributed by atoms with van der Waals surface area (Å²) in [7, 11) is 0. The van der Waals surface area contributed by atoms with Gasteiger partial charge in [-0.25, -0.2) is 24.3 Å². The number of fused-ring (bicyclic) bond motifs is 1. The highest BCUT2D eigenvalue weighted by Crippen LogP contribution is 2.37. The molecule has 36 heavy (non-hydrogen) atoms. The van der Waals surface area contributed by atoms with Gasteiger partial charge in [0.05, 0.1) is 17.2 Å². The minimum Gasteiger partial charge on any atom is -0.326 e. The fourth-order valence-corrected chi connectivity index (χ4v) is 5.27. The summed E-state index contributed by atoms with van der Waals surface area (Å²) in [6, 6.07) is 9.95. The van der Waals surface area contributed by atoms with Crippen molar-refractivity contribution in [1.29, 1.82) is 0 Å². The van der Waals surface area contributed by atoms with Crippen LogP contribution in [0.25, 0.3) is 22.3 Å². The standard InChI is InChI=1S/C27H31FN8/c1-17(2)36-18(3)32-22-6-5-20(12-23(22)36)25-21(28)14-30-26(34-25)33-24-7-4-19(13-29-24)15-35-11-10-31-27(16-35)8-9-27/h4-7,12-14,17,31H,8-11,15-16H2,1-3H3,(H,29,30,33,34). The number of hydrogen-bond donors (Lipinski definition) is 2. The second-order valence-electron chi connectivity index (χ2n) is 10.3. The monoisotopic (exact) mass is 486 g/mol. The molecule has 0 unspecified atom stereocenters. The number of imidazole rings is 1. The van der Waals surface area contributed by atoms with Crippen molar-refractivity contribution < 1.29 is 4.39 Å². The first-order valence-electron chi connectivity index (χ1n) is 12.6. The van der Waals surface area contributed by atoms with E-state index in [1.165, 1.54) is 24.6 Å². The van der Waals surface area contributed by atoms with E-state index >= 15 is 0 Å². The van der Waals surface area contributed by atoms with Gasteiger partial charge in [0.25, 0.3) is 0 Å². The van der Waals surface area contributed by atoms with E-state index in [9.17, 15) is 4.39 Å². The Morgan fingerprint density at radius 2 is 1.97 bits per heavy atom. The Morgan fingerprint density at radius 1 is 1.11 bits per heavy atom. The van der Waals surface area contributed by atoms with Gasteiger partial charge in [-0.05, 0) is 57.4 Å². The van der Waals surface area contributed by atoms with Crippen molar-refractivity contribution in [3.63, 3.8) is 0 Å². The average Bonchev–Trinajstić information content (AvgIpc) is 3.50. The third-order valence-electron chi connectivity index (χ3n) is 7.18. The molecule has 1 spiro atoms. The third-order valence-corrected chi connectivity index (χ3v) is 7.18. The van der Waals surface area contributed by atoms with Crippen molar-refractivity contribution >= 4 is 22.8 Å². The van der Waals surface area contributed by atoms with Gasteiger partial charge in [-0.2, -0.15) is 0 Å². The summed E-state index contributed by atoms with van der Waals surface area (Å²) in [5.74, 6) is 1.39. The van der Waals surface area contributed by atoms with Crippen LogP contribution in [0.1, 0.15) is 44.1 Å². The fraction of sp³-hybridized carbons (Fsp3) is 0.407. The number of rotatable bonds is 6. The summed E-state index contributed by atoms with van der Waals surface area (Å²) in [5, 5.41) is 6.77. The summed E-state index contributed by atoms with van der Waals surface area (Å²) in [5.41, 5.74) is 4.30. The van der Waals surface area contributed by atoms with Crippen LogP contribution in [0.4, 0.5) is 16.2 Å². The molecule has 0 atom stereocenters. The number of nitrogens with zero attached hydrogens (tertiary/aromatic N) is 6. The van der Waals surface area contributed by atoms with Crippen molar-refractivity contribution in [2.45, 2.75) is 51.7 Å². The van der Waals surface area contributed by atoms with Crippen molar-refractivity contribution in [3.8, 4) is 11.3 Å². The first kappa shape index (κ1) is 23.0. The molecular formula is C27H31FN8. The van der Waals surface area contributed by atoms with Gasteiger partial charge in [0.2, 0.25) is 5.95 Å². The maximum Gasteiger partial charge on any atom is 0.229 e. The summed E-state index contributed by atoms with van der Waals surface area (Å²) < 4.78 is 16.9. The Bertz CT molecular complexity index is 1410. The van der Waals surface area contributed by atoms with E-state index in [2.05, 4.69) is 60.0 Å². The Labute approximate surface area is 210 Å². The highest BCUT2D eigenvalue weighted by molar-refractivity contribution is 5.82. The van der Waals surface area contributed by atoms with Crippen molar-refractivity contribution in [1.82, 2.24) is 34.7 Å². The van der Waals surface area contributed by atoms with Gasteiger partial charge in [0.15, 0.2) is 5.82 Å². The number of hydrogen-bond acceptors (Lipinski definition) is 7. The first-order chi connectivity index (χ1) is 17.4. The highest BCUT2D eigenvalue weighted by Gasteiger charge is 2.45. The highest BCUT2D eigenvalue weighted by atomic mass is 19.1. The number of aromatic nitrogens is 5. The predicted molar refractivity (Wildman–Crippen MR) is 139 cm³/mol. The van der Waals surface area contributed by atoms with Crippen LogP contribution in [-0.2, 0) is 6.54 Å². The molecule has 1 saturated carbocycles. The van der Waals surface area contributed by atoms with Gasteiger partial charge >= 0.3 is 0 Å². The molecule has 1 saturated heterocycles. The molecule has 2 N–H and O–H groups in total. The van der Waals surface area contributed by atoms with Crippen molar-refractivity contribution in [2.75, 3.05) is 25.0 Å². The number of aryl methyl sites for hydroxylation is 1. The minimum atomic E-state index is -0.472. The zero-order valence-corrected chi connectivity index (χ0v) is 20.9. The van der Waals surface area contributed by atoms with E-state index in [-0.39, 0.29) is 11.7 Å². The molecule has 1 aliphatic carbocycles. The lowest BCUT2D eigenvalue weighted by atomic mass is 10.1. The maximum atomic E-state index is 14.8. The van der Waals surface area contributed by atoms with Crippen LogP contribution >= 0.6 is 0 Å². The van der Waals surface area contributed by atoms with E-state index < -0.39 is 5.82 Å². The quantitative estimate of drug-likeness (QED) is 0.412. The molecule has 0 bridgehead atoms. The van der Waals surface area contributed by atoms with E-state index in [0.29, 0.717) is 22.9 Å². The SMILES string of the molecule is Cc1nc2ccc(-c3nc(Nc4ccc(CN5CCNC6(CC6)C5)cn4)ncc3F)cc2n1C(C)C. The normalized spacial score (nSPS) is 17.2. The number of piperazine rings is 1. The second kappa shape index (κ2) is 8.90. The molecular weight excluding hydrogens is 455 g/mol. The van der Waals surface area contributed by atoms with Crippen LogP contribution < -0.4 is 10.6 Å². The Morgan fingerprint density at radius 3 is 2.72 bits per heavy atom. The van der Waals surface area contributed by atoms with E-state index in [1.807, 2.05) is 37.4 Å². The van der Waals surface area contributed by atoms with Gasteiger partial charge in [0.1, 0.15) is 17.3 Å². The molecule has 0 radical (unpaired) electrons. The van der Waals surface area contributed by atoms with Gasteiger partial charge in [-0.15, -0.1) is 0 Å². The van der Waals surface area contributed by atoms with Gasteiger partial charge in [-0.3, -0.25) is 4.90 Å². The van der Waals surface area contributed by atoms with Crippen LogP contribution in [0.15, 0.2) is 42.7 Å². The number of benzene rings is 1. The molecule has 9 heteroatoms. The maximum absolute atomic E-state index is 14.8. The lowest BCUT2D eigenvalue weighted by Gasteiger charge is -2.33. The fourth-order valence-electron chi connectivity index (χ4n) is 5.27. The zero-order valence-electron chi connectivity index (χ0n) is 20.9. The smallest absolute Gasteiger partial charge is 0.229 e. The van der Waals surface area contributed by atoms with Crippen LogP contribution in [-0.4, -0.2) is 54.6 Å². The number of nitrogens with one attached hydrogen (secondary N) is 2. The van der Waals surface area contributed by atoms with Crippen LogP contribution in [0.5, 0.6) is 0 Å². The first-order valence-corrected chi connectivity index (χ1v) is 12.6. The van der Waals surface area contributed by atoms with Gasteiger partial charge < -0.3 is 15.2 Å². The number of halogens is 1. The minimum absolute atomic E-state index is 0.243. The second-order valence-corrected chi connectivity index (χ2v) is 10.3. The van der Waals surface area contributed by atoms with Crippen LogP contribution in [0.2, 0.25) is 0 Å². The van der Waals surface area contributed by atoms with Gasteiger partial charge in [-0.1, -0.05) is 12.1 Å². The zero-order chi connectivity index (χ0) is 24.9. The molecule has 6 rings (SSSR count). The Balaban J connectivity index is 1.20. The molecule has 186 valence electrons. The van der Waals surface area contributed by atoms with E-state index in [0.717, 1.165) is 43.0 Å². The molecule has 1 aliphatic heterocycles. The van der Waals surface area contributed by atoms with E-state index in [4.69, 9.17) is 0 Å². The molecule has 8 nitrogen and oxygen atoms in total. The molecule has 0 amide bonds.